The van der Waals surface area contributed by atoms with Crippen LogP contribution < -0.4 is 5.32 Å². The molecule has 0 spiro atoms. The lowest BCUT2D eigenvalue weighted by Gasteiger charge is -2.08. The van der Waals surface area contributed by atoms with Crippen molar-refractivity contribution < 1.29 is 0 Å². The van der Waals surface area contributed by atoms with Crippen LogP contribution in [0, 0.1) is 5.92 Å². The Morgan fingerprint density at radius 3 is 3.20 bits per heavy atom. The van der Waals surface area contributed by atoms with Crippen molar-refractivity contribution in [1.82, 2.24) is 10.3 Å². The summed E-state index contributed by atoms with van der Waals surface area (Å²) >= 11 is 3.86. The first-order chi connectivity index (χ1) is 7.38. The van der Waals surface area contributed by atoms with E-state index in [1.807, 2.05) is 0 Å². The second-order valence-corrected chi connectivity index (χ2v) is 6.04. The molecule has 1 aromatic heterocycles. The maximum absolute atomic E-state index is 4.54. The number of hydrogen-bond donors (Lipinski definition) is 1. The minimum Gasteiger partial charge on any atom is -0.311 e. The molecule has 84 valence electrons. The van der Waals surface area contributed by atoms with E-state index in [0.29, 0.717) is 0 Å². The number of rotatable bonds is 5. The summed E-state index contributed by atoms with van der Waals surface area (Å²) in [5.41, 5.74) is 1.21. The number of nitrogens with zero attached hydrogens (tertiary/aromatic N) is 1. The van der Waals surface area contributed by atoms with Gasteiger partial charge in [0.05, 0.1) is 10.7 Å². The Labute approximate surface area is 99.9 Å². The van der Waals surface area contributed by atoms with Gasteiger partial charge in [-0.25, -0.2) is 4.98 Å². The average Bonchev–Trinajstić information content (AvgIpc) is 2.88. The van der Waals surface area contributed by atoms with Crippen molar-refractivity contribution in [1.29, 1.82) is 0 Å². The first-order valence-corrected chi connectivity index (χ1v) is 7.63. The number of nitrogens with one attached hydrogen (secondary N) is 1. The lowest BCUT2D eigenvalue weighted by atomic mass is 10.1. The maximum atomic E-state index is 4.54. The van der Waals surface area contributed by atoms with Crippen LogP contribution in [0.5, 0.6) is 0 Å². The molecule has 1 aliphatic heterocycles. The minimum atomic E-state index is 0.888. The van der Waals surface area contributed by atoms with Gasteiger partial charge in [0.25, 0.3) is 0 Å². The Kier molecular flexibility index (Phi) is 4.47. The van der Waals surface area contributed by atoms with Gasteiger partial charge in [-0.3, -0.25) is 0 Å². The molecule has 2 heterocycles. The highest BCUT2D eigenvalue weighted by Crippen LogP contribution is 2.22. The summed E-state index contributed by atoms with van der Waals surface area (Å²) in [7, 11) is 0. The molecule has 2 nitrogen and oxygen atoms in total. The summed E-state index contributed by atoms with van der Waals surface area (Å²) in [6, 6.07) is 0. The van der Waals surface area contributed by atoms with Crippen LogP contribution in [0.15, 0.2) is 5.38 Å². The predicted octanol–water partition coefficient (Wildman–Crippen LogP) is 2.55. The molecule has 2 rings (SSSR count). The highest BCUT2D eigenvalue weighted by molar-refractivity contribution is 7.99. The van der Waals surface area contributed by atoms with Gasteiger partial charge >= 0.3 is 0 Å². The highest BCUT2D eigenvalue weighted by Gasteiger charge is 2.14. The fourth-order valence-electron chi connectivity index (χ4n) is 1.74. The molecule has 4 heteroatoms. The summed E-state index contributed by atoms with van der Waals surface area (Å²) in [6.45, 7) is 4.26. The van der Waals surface area contributed by atoms with Gasteiger partial charge in [0, 0.05) is 11.9 Å². The van der Waals surface area contributed by atoms with E-state index in [2.05, 4.69) is 34.4 Å². The molecule has 1 N–H and O–H groups in total. The largest absolute Gasteiger partial charge is 0.311 e. The number of aromatic nitrogens is 1. The zero-order valence-corrected chi connectivity index (χ0v) is 10.8. The van der Waals surface area contributed by atoms with Crippen LogP contribution in [0.25, 0.3) is 0 Å². The maximum Gasteiger partial charge on any atom is 0.0926 e. The van der Waals surface area contributed by atoms with Gasteiger partial charge < -0.3 is 5.32 Å². The van der Waals surface area contributed by atoms with Crippen molar-refractivity contribution in [3.05, 3.63) is 16.1 Å². The molecule has 1 aliphatic rings. The molecular formula is C11H18N2S2. The van der Waals surface area contributed by atoms with Crippen LogP contribution in [0.2, 0.25) is 0 Å². The van der Waals surface area contributed by atoms with Gasteiger partial charge in [-0.2, -0.15) is 11.8 Å². The molecule has 1 unspecified atom stereocenters. The Hall–Kier alpha value is -0.0600. The Balaban J connectivity index is 1.68. The van der Waals surface area contributed by atoms with Crippen molar-refractivity contribution in [3.8, 4) is 0 Å². The quantitative estimate of drug-likeness (QED) is 0.859. The van der Waals surface area contributed by atoms with Crippen LogP contribution >= 0.6 is 23.1 Å². The molecule has 0 amide bonds. The molecule has 0 radical (unpaired) electrons. The molecule has 0 aliphatic carbocycles. The normalized spacial score (nSPS) is 21.0. The van der Waals surface area contributed by atoms with Crippen molar-refractivity contribution in [2.75, 3.05) is 18.1 Å². The van der Waals surface area contributed by atoms with Crippen LogP contribution in [0.1, 0.15) is 24.0 Å². The summed E-state index contributed by atoms with van der Waals surface area (Å²) in [5, 5.41) is 6.94. The zero-order valence-electron chi connectivity index (χ0n) is 9.16. The second-order valence-electron chi connectivity index (χ2n) is 3.95. The molecule has 15 heavy (non-hydrogen) atoms. The third-order valence-corrected chi connectivity index (χ3v) is 4.94. The topological polar surface area (TPSA) is 24.9 Å². The van der Waals surface area contributed by atoms with Crippen molar-refractivity contribution in [2.45, 2.75) is 26.3 Å². The minimum absolute atomic E-state index is 0.888. The summed E-state index contributed by atoms with van der Waals surface area (Å²) in [4.78, 5) is 4.54. The fourth-order valence-corrected chi connectivity index (χ4v) is 3.77. The molecule has 0 aromatic carbocycles. The van der Waals surface area contributed by atoms with Gasteiger partial charge in [-0.15, -0.1) is 11.3 Å². The zero-order chi connectivity index (χ0) is 10.5. The van der Waals surface area contributed by atoms with E-state index in [1.165, 1.54) is 28.6 Å². The van der Waals surface area contributed by atoms with Crippen LogP contribution in [-0.2, 0) is 13.0 Å². The number of hydrogen-bond acceptors (Lipinski definition) is 4. The SMILES string of the molecule is CCc1nc(CNCC2CCSC2)cs1. The lowest BCUT2D eigenvalue weighted by Crippen LogP contribution is -2.22. The van der Waals surface area contributed by atoms with Gasteiger partial charge in [0.15, 0.2) is 0 Å². The van der Waals surface area contributed by atoms with E-state index in [0.717, 1.165) is 25.4 Å². The van der Waals surface area contributed by atoms with E-state index < -0.39 is 0 Å². The molecule has 1 atom stereocenters. The number of thiazole rings is 1. The van der Waals surface area contributed by atoms with E-state index in [1.54, 1.807) is 11.3 Å². The molecule has 1 saturated heterocycles. The average molecular weight is 242 g/mol. The second kappa shape index (κ2) is 5.87. The standard InChI is InChI=1S/C11H18N2S2/c1-2-11-13-10(8-15-11)6-12-5-9-3-4-14-7-9/h8-9,12H,2-7H2,1H3. The third-order valence-electron chi connectivity index (χ3n) is 2.66. The van der Waals surface area contributed by atoms with Crippen molar-refractivity contribution in [2.24, 2.45) is 5.92 Å². The van der Waals surface area contributed by atoms with Gasteiger partial charge in [0.1, 0.15) is 0 Å². The highest BCUT2D eigenvalue weighted by atomic mass is 32.2. The Morgan fingerprint density at radius 2 is 2.53 bits per heavy atom. The monoisotopic (exact) mass is 242 g/mol. The summed E-state index contributed by atoms with van der Waals surface area (Å²) in [5.74, 6) is 3.58. The molecule has 0 saturated carbocycles. The van der Waals surface area contributed by atoms with Gasteiger partial charge in [-0.1, -0.05) is 6.92 Å². The molecule has 1 fully saturated rings. The van der Waals surface area contributed by atoms with Crippen LogP contribution in [0.4, 0.5) is 0 Å². The summed E-state index contributed by atoms with van der Waals surface area (Å²) in [6.07, 6.45) is 2.44. The third kappa shape index (κ3) is 3.47. The number of aryl methyl sites for hydroxylation is 1. The molecular weight excluding hydrogens is 224 g/mol. The number of thioether (sulfide) groups is 1. The van der Waals surface area contributed by atoms with Crippen LogP contribution in [0.3, 0.4) is 0 Å². The van der Waals surface area contributed by atoms with Crippen molar-refractivity contribution >= 4 is 23.1 Å². The first-order valence-electron chi connectivity index (χ1n) is 5.60. The van der Waals surface area contributed by atoms with E-state index in [4.69, 9.17) is 0 Å². The predicted molar refractivity (Wildman–Crippen MR) is 68.6 cm³/mol. The van der Waals surface area contributed by atoms with Crippen molar-refractivity contribution in [3.63, 3.8) is 0 Å². The van der Waals surface area contributed by atoms with Gasteiger partial charge in [-0.05, 0) is 36.8 Å². The van der Waals surface area contributed by atoms with E-state index >= 15 is 0 Å². The first kappa shape index (κ1) is 11.4. The Morgan fingerprint density at radius 1 is 1.60 bits per heavy atom. The Bertz CT molecular complexity index is 293. The van der Waals surface area contributed by atoms with Gasteiger partial charge in [0.2, 0.25) is 0 Å². The summed E-state index contributed by atoms with van der Waals surface area (Å²) < 4.78 is 0. The van der Waals surface area contributed by atoms with Crippen LogP contribution in [-0.4, -0.2) is 23.0 Å². The fraction of sp³-hybridized carbons (Fsp3) is 0.727. The van der Waals surface area contributed by atoms with E-state index in [9.17, 15) is 0 Å². The molecule has 0 bridgehead atoms. The lowest BCUT2D eigenvalue weighted by molar-refractivity contribution is 0.520. The smallest absolute Gasteiger partial charge is 0.0926 e. The molecule has 1 aromatic rings. The van der Waals surface area contributed by atoms with E-state index in [-0.39, 0.29) is 0 Å².